The molecule has 0 saturated heterocycles. The smallest absolute Gasteiger partial charge is 0.211 e. The number of hydrogen-bond acceptors (Lipinski definition) is 10. The first-order valence-corrected chi connectivity index (χ1v) is 22.0. The lowest BCUT2D eigenvalue weighted by molar-refractivity contribution is 0.473. The van der Waals surface area contributed by atoms with Crippen LogP contribution in [0.15, 0.2) is 196 Å². The maximum Gasteiger partial charge on any atom is 0.211 e. The normalized spacial score (nSPS) is 15.5. The molecule has 0 bridgehead atoms. The summed E-state index contributed by atoms with van der Waals surface area (Å²) in [5, 5.41) is 0. The Balaban J connectivity index is 1.09. The highest BCUT2D eigenvalue weighted by Gasteiger charge is 2.43. The van der Waals surface area contributed by atoms with Gasteiger partial charge in [-0.2, -0.15) is 0 Å². The molecule has 0 atom stereocenters. The number of sulfone groups is 2. The molecule has 0 saturated carbocycles. The molecule has 0 N–H and O–H groups in total. The van der Waals surface area contributed by atoms with Crippen molar-refractivity contribution in [3.63, 3.8) is 0 Å². The highest BCUT2D eigenvalue weighted by Crippen LogP contribution is 2.59. The predicted octanol–water partition coefficient (Wildman–Crippen LogP) is 12.4. The van der Waals surface area contributed by atoms with Crippen LogP contribution in [0, 0.1) is 0 Å². The number of rotatable bonds is 3. The summed E-state index contributed by atoms with van der Waals surface area (Å²) in [6.07, 6.45) is 0. The van der Waals surface area contributed by atoms with Crippen LogP contribution in [-0.2, 0) is 19.7 Å². The van der Waals surface area contributed by atoms with Gasteiger partial charge in [-0.1, -0.05) is 66.7 Å². The molecule has 0 amide bonds. The van der Waals surface area contributed by atoms with Crippen LogP contribution in [0.1, 0.15) is 0 Å². The van der Waals surface area contributed by atoms with Crippen LogP contribution in [0.5, 0.6) is 34.5 Å². The first-order chi connectivity index (χ1) is 29.3. The molecule has 12 rings (SSSR count). The predicted molar refractivity (Wildman–Crippen MR) is 228 cm³/mol. The average molecular weight is 824 g/mol. The van der Waals surface area contributed by atoms with Gasteiger partial charge in [-0.3, -0.25) is 0 Å². The summed E-state index contributed by atoms with van der Waals surface area (Å²) < 4.78 is 77.3. The third-order valence-electron chi connectivity index (χ3n) is 11.2. The monoisotopic (exact) mass is 823 g/mol. The van der Waals surface area contributed by atoms with E-state index in [9.17, 15) is 16.8 Å². The molecule has 0 spiro atoms. The summed E-state index contributed by atoms with van der Waals surface area (Å²) in [5.41, 5.74) is 5.99. The molecular formula is C48H29N3O7S2. The fraction of sp³-hybridized carbons (Fsp3) is 0. The van der Waals surface area contributed by atoms with Crippen molar-refractivity contribution in [2.24, 2.45) is 0 Å². The maximum atomic E-state index is 14.7. The highest BCUT2D eigenvalue weighted by atomic mass is 32.2. The zero-order valence-corrected chi connectivity index (χ0v) is 32.9. The number of ether oxygens (including phenoxy) is 3. The Morgan fingerprint density at radius 2 is 0.650 bits per heavy atom. The largest absolute Gasteiger partial charge is 0.453 e. The van der Waals surface area contributed by atoms with Crippen molar-refractivity contribution in [3.8, 4) is 34.5 Å². The number of nitrogens with zero attached hydrogens (tertiary/aromatic N) is 3. The highest BCUT2D eigenvalue weighted by molar-refractivity contribution is 7.97. The molecule has 0 radical (unpaired) electrons. The van der Waals surface area contributed by atoms with Gasteiger partial charge in [0.1, 0.15) is 4.90 Å². The first kappa shape index (κ1) is 34.5. The topological polar surface area (TPSA) is 106 Å². The molecule has 4 aliphatic heterocycles. The summed E-state index contributed by atoms with van der Waals surface area (Å²) in [6, 6.07) is 52.8. The number of hydrogen-bond donors (Lipinski definition) is 0. The van der Waals surface area contributed by atoms with Crippen molar-refractivity contribution in [1.82, 2.24) is 0 Å². The molecule has 0 unspecified atom stereocenters. The van der Waals surface area contributed by atoms with Crippen molar-refractivity contribution < 1.29 is 31.0 Å². The van der Waals surface area contributed by atoms with E-state index in [1.165, 1.54) is 30.3 Å². The molecule has 0 aliphatic carbocycles. The molecule has 8 aromatic rings. The van der Waals surface area contributed by atoms with Gasteiger partial charge in [-0.15, -0.1) is 0 Å². The Hall–Kier alpha value is -7.54. The van der Waals surface area contributed by atoms with Gasteiger partial charge in [-0.05, 0) is 97.1 Å². The Bertz CT molecular complexity index is 3150. The number of anilines is 9. The van der Waals surface area contributed by atoms with Crippen molar-refractivity contribution in [3.05, 3.63) is 176 Å². The van der Waals surface area contributed by atoms with E-state index in [4.69, 9.17) is 14.2 Å². The van der Waals surface area contributed by atoms with Gasteiger partial charge in [0.15, 0.2) is 34.5 Å². The van der Waals surface area contributed by atoms with Crippen molar-refractivity contribution >= 4 is 70.9 Å². The standard InChI is InChI=1S/C48H29N3O7S2/c52-59(53)45-21-9-10-22-46(45)60(54,55)48-38(16-11-23-47(48)59)51-36-26-24-30(49-32-12-1-5-17-39(32)56-40-18-6-2-13-33(40)49)28-43(36)58-44-29-31(25-27-37(44)51)50-34-14-3-7-19-41(34)57-42-20-8-4-15-35(42)50/h1-29H. The molecule has 0 aromatic heterocycles. The Morgan fingerprint density at radius 1 is 0.300 bits per heavy atom. The van der Waals surface area contributed by atoms with Crippen LogP contribution in [0.25, 0.3) is 0 Å². The summed E-state index contributed by atoms with van der Waals surface area (Å²) in [4.78, 5) is 4.86. The second-order valence-corrected chi connectivity index (χ2v) is 18.3. The van der Waals surface area contributed by atoms with Crippen LogP contribution in [0.3, 0.4) is 0 Å². The van der Waals surface area contributed by atoms with E-state index in [2.05, 4.69) is 9.80 Å². The fourth-order valence-electron chi connectivity index (χ4n) is 8.57. The molecule has 12 heteroatoms. The van der Waals surface area contributed by atoms with Gasteiger partial charge >= 0.3 is 0 Å². The van der Waals surface area contributed by atoms with Crippen LogP contribution in [0.4, 0.5) is 51.2 Å². The van der Waals surface area contributed by atoms with E-state index in [-0.39, 0.29) is 25.3 Å². The van der Waals surface area contributed by atoms with E-state index in [0.717, 1.165) is 34.1 Å². The number of fused-ring (bicyclic) bond motifs is 8. The molecule has 0 fully saturated rings. The lowest BCUT2D eigenvalue weighted by Crippen LogP contribution is -2.24. The van der Waals surface area contributed by atoms with Gasteiger partial charge in [0, 0.05) is 12.1 Å². The SMILES string of the molecule is O=S1(=O)c2ccccc2S(=O)(=O)c2c(N3c4ccc(N5c6ccccc6Oc6ccccc65)cc4Oc4cc(N5c6ccccc6Oc6ccccc65)ccc43)cccc21. The second-order valence-electron chi connectivity index (χ2n) is 14.5. The Kier molecular flexibility index (Phi) is 7.18. The third-order valence-corrected chi connectivity index (χ3v) is 15.2. The molecule has 4 aliphatic rings. The fourth-order valence-corrected chi connectivity index (χ4v) is 12.9. The van der Waals surface area contributed by atoms with Crippen LogP contribution in [-0.4, -0.2) is 16.8 Å². The lowest BCUT2D eigenvalue weighted by Gasteiger charge is -2.38. The quantitative estimate of drug-likeness (QED) is 0.171. The van der Waals surface area contributed by atoms with Gasteiger partial charge in [0.05, 0.1) is 65.9 Å². The third kappa shape index (κ3) is 4.85. The molecule has 290 valence electrons. The second kappa shape index (κ2) is 12.5. The maximum absolute atomic E-state index is 14.7. The molecule has 8 aromatic carbocycles. The number of para-hydroxylation sites is 8. The molecule has 4 heterocycles. The first-order valence-electron chi connectivity index (χ1n) is 19.1. The van der Waals surface area contributed by atoms with Gasteiger partial charge in [0.25, 0.3) is 0 Å². The molecule has 60 heavy (non-hydrogen) atoms. The van der Waals surface area contributed by atoms with Gasteiger partial charge in [0.2, 0.25) is 19.7 Å². The van der Waals surface area contributed by atoms with Crippen LogP contribution < -0.4 is 28.9 Å². The Morgan fingerprint density at radius 3 is 1.12 bits per heavy atom. The molecule has 10 nitrogen and oxygen atoms in total. The average Bonchev–Trinajstić information content (AvgIpc) is 3.28. The summed E-state index contributed by atoms with van der Waals surface area (Å²) in [5.74, 6) is 3.55. The Labute approximate surface area is 345 Å². The zero-order chi connectivity index (χ0) is 40.3. The van der Waals surface area contributed by atoms with Gasteiger partial charge < -0.3 is 28.9 Å². The van der Waals surface area contributed by atoms with E-state index >= 15 is 0 Å². The number of benzene rings is 8. The van der Waals surface area contributed by atoms with Gasteiger partial charge in [-0.25, -0.2) is 16.8 Å². The summed E-state index contributed by atoms with van der Waals surface area (Å²) in [6.45, 7) is 0. The van der Waals surface area contributed by atoms with Crippen molar-refractivity contribution in [2.75, 3.05) is 14.7 Å². The lowest BCUT2D eigenvalue weighted by atomic mass is 10.1. The minimum Gasteiger partial charge on any atom is -0.453 e. The van der Waals surface area contributed by atoms with E-state index in [0.29, 0.717) is 45.9 Å². The van der Waals surface area contributed by atoms with Crippen LogP contribution in [0.2, 0.25) is 0 Å². The van der Waals surface area contributed by atoms with E-state index in [1.54, 1.807) is 17.0 Å². The zero-order valence-electron chi connectivity index (χ0n) is 31.3. The van der Waals surface area contributed by atoms with Crippen molar-refractivity contribution in [2.45, 2.75) is 19.6 Å². The molecular weight excluding hydrogens is 795 g/mol. The van der Waals surface area contributed by atoms with E-state index in [1.807, 2.05) is 133 Å². The van der Waals surface area contributed by atoms with Crippen LogP contribution >= 0.6 is 0 Å². The van der Waals surface area contributed by atoms with Crippen molar-refractivity contribution in [1.29, 1.82) is 0 Å². The summed E-state index contributed by atoms with van der Waals surface area (Å²) >= 11 is 0. The minimum atomic E-state index is -4.35. The minimum absolute atomic E-state index is 0.168. The van der Waals surface area contributed by atoms with E-state index < -0.39 is 19.7 Å². The summed E-state index contributed by atoms with van der Waals surface area (Å²) in [7, 11) is -8.57.